The highest BCUT2D eigenvalue weighted by atomic mass is 19.4. The lowest BCUT2D eigenvalue weighted by Crippen LogP contribution is -2.58. The zero-order valence-corrected chi connectivity index (χ0v) is 16.3. The predicted octanol–water partition coefficient (Wildman–Crippen LogP) is 3.04. The largest absolute Gasteiger partial charge is 0.418 e. The van der Waals surface area contributed by atoms with E-state index in [1.54, 1.807) is 27.7 Å². The van der Waals surface area contributed by atoms with Crippen LogP contribution in [0.4, 0.5) is 18.9 Å². The Kier molecular flexibility index (Phi) is 4.71. The van der Waals surface area contributed by atoms with Gasteiger partial charge in [0.15, 0.2) is 24.0 Å². The van der Waals surface area contributed by atoms with E-state index < -0.39 is 59.9 Å². The second-order valence-corrected chi connectivity index (χ2v) is 8.12. The number of fused-ring (bicyclic) bond motifs is 3. The van der Waals surface area contributed by atoms with Crippen molar-refractivity contribution in [3.63, 3.8) is 0 Å². The van der Waals surface area contributed by atoms with Crippen molar-refractivity contribution in [2.24, 2.45) is 0 Å². The standard InChI is InChI=1S/C19H22F3NO6/c1-17(2)26-11-12(27-17)14-16(29-18(3,4)28-14)25-13(11)15(24)23-10-8-6-5-7-9(10)19(20,21)22/h5-8,11-14,16H,1-4H3,(H,23,24)/t11-,12+,13-,14-,16+/m1/s1. The fourth-order valence-electron chi connectivity index (χ4n) is 3.87. The molecule has 0 saturated carbocycles. The Morgan fingerprint density at radius 2 is 1.52 bits per heavy atom. The smallest absolute Gasteiger partial charge is 0.342 e. The minimum absolute atomic E-state index is 0.366. The van der Waals surface area contributed by atoms with Gasteiger partial charge in [0.25, 0.3) is 5.91 Å². The number of hydrogen-bond donors (Lipinski definition) is 1. The molecule has 160 valence electrons. The molecule has 3 heterocycles. The summed E-state index contributed by atoms with van der Waals surface area (Å²) < 4.78 is 68.8. The molecular formula is C19H22F3NO6. The van der Waals surface area contributed by atoms with Gasteiger partial charge in [0, 0.05) is 0 Å². The van der Waals surface area contributed by atoms with Crippen LogP contribution in [0.25, 0.3) is 0 Å². The minimum atomic E-state index is -4.62. The Morgan fingerprint density at radius 3 is 2.21 bits per heavy atom. The number of benzene rings is 1. The maximum Gasteiger partial charge on any atom is 0.418 e. The van der Waals surface area contributed by atoms with Crippen molar-refractivity contribution in [2.45, 2.75) is 76.2 Å². The SMILES string of the molecule is CC1(C)O[C@H]2[C@@H](O1)[C@H](C(=O)Nc1ccccc1C(F)(F)F)O[C@H]1OC(C)(C)O[C@@H]12. The van der Waals surface area contributed by atoms with Crippen molar-refractivity contribution >= 4 is 11.6 Å². The predicted molar refractivity (Wildman–Crippen MR) is 92.6 cm³/mol. The number of amides is 1. The lowest BCUT2D eigenvalue weighted by atomic mass is 9.98. The maximum absolute atomic E-state index is 13.3. The van der Waals surface area contributed by atoms with Crippen molar-refractivity contribution in [1.82, 2.24) is 0 Å². The number of rotatable bonds is 2. The molecule has 0 bridgehead atoms. The summed E-state index contributed by atoms with van der Waals surface area (Å²) in [7, 11) is 0. The number of alkyl halides is 3. The summed E-state index contributed by atoms with van der Waals surface area (Å²) >= 11 is 0. The first-order chi connectivity index (χ1) is 13.4. The third-order valence-electron chi connectivity index (χ3n) is 4.90. The summed E-state index contributed by atoms with van der Waals surface area (Å²) in [5, 5.41) is 2.31. The van der Waals surface area contributed by atoms with E-state index >= 15 is 0 Å². The zero-order chi connectivity index (χ0) is 21.2. The summed E-state index contributed by atoms with van der Waals surface area (Å²) in [5.74, 6) is -2.78. The van der Waals surface area contributed by atoms with Gasteiger partial charge in [-0.25, -0.2) is 0 Å². The quantitative estimate of drug-likeness (QED) is 0.797. The van der Waals surface area contributed by atoms with Gasteiger partial charge in [-0.2, -0.15) is 13.2 Å². The molecule has 0 radical (unpaired) electrons. The average molecular weight is 417 g/mol. The lowest BCUT2D eigenvalue weighted by molar-refractivity contribution is -0.229. The average Bonchev–Trinajstić information content (AvgIpc) is 3.07. The molecule has 0 spiro atoms. The Balaban J connectivity index is 1.60. The Hall–Kier alpha value is -1.72. The molecule has 7 nitrogen and oxygen atoms in total. The van der Waals surface area contributed by atoms with E-state index in [-0.39, 0.29) is 5.69 Å². The zero-order valence-electron chi connectivity index (χ0n) is 16.3. The van der Waals surface area contributed by atoms with E-state index in [1.807, 2.05) is 0 Å². The topological polar surface area (TPSA) is 75.3 Å². The summed E-state index contributed by atoms with van der Waals surface area (Å²) in [4.78, 5) is 12.9. The molecule has 4 rings (SSSR count). The third kappa shape index (κ3) is 3.87. The number of carbonyl (C=O) groups is 1. The molecule has 1 N–H and O–H groups in total. The van der Waals surface area contributed by atoms with Crippen LogP contribution in [0.2, 0.25) is 0 Å². The number of anilines is 1. The van der Waals surface area contributed by atoms with Gasteiger partial charge in [-0.05, 0) is 39.8 Å². The molecule has 3 fully saturated rings. The fraction of sp³-hybridized carbons (Fsp3) is 0.632. The highest BCUT2D eigenvalue weighted by molar-refractivity contribution is 5.95. The Morgan fingerprint density at radius 1 is 0.931 bits per heavy atom. The molecule has 5 atom stereocenters. The van der Waals surface area contributed by atoms with E-state index in [2.05, 4.69) is 5.32 Å². The molecule has 3 saturated heterocycles. The van der Waals surface area contributed by atoms with Crippen LogP contribution in [-0.4, -0.2) is 48.2 Å². The van der Waals surface area contributed by atoms with Gasteiger partial charge in [0.1, 0.15) is 18.3 Å². The number of hydrogen-bond acceptors (Lipinski definition) is 6. The second-order valence-electron chi connectivity index (χ2n) is 8.12. The number of para-hydroxylation sites is 1. The van der Waals surface area contributed by atoms with Crippen molar-refractivity contribution in [3.8, 4) is 0 Å². The van der Waals surface area contributed by atoms with E-state index in [1.165, 1.54) is 18.2 Å². The van der Waals surface area contributed by atoms with Crippen LogP contribution in [0.5, 0.6) is 0 Å². The summed E-state index contributed by atoms with van der Waals surface area (Å²) in [6, 6.07) is 4.72. The molecule has 0 aliphatic carbocycles. The minimum Gasteiger partial charge on any atom is -0.342 e. The number of ether oxygens (including phenoxy) is 5. The highest BCUT2D eigenvalue weighted by Crippen LogP contribution is 2.44. The monoisotopic (exact) mass is 417 g/mol. The van der Waals surface area contributed by atoms with E-state index in [9.17, 15) is 18.0 Å². The molecule has 1 aromatic rings. The Labute approximate surface area is 165 Å². The van der Waals surface area contributed by atoms with Gasteiger partial charge in [0.2, 0.25) is 0 Å². The van der Waals surface area contributed by atoms with Crippen molar-refractivity contribution in [1.29, 1.82) is 0 Å². The van der Waals surface area contributed by atoms with Gasteiger partial charge in [0.05, 0.1) is 11.3 Å². The maximum atomic E-state index is 13.3. The van der Waals surface area contributed by atoms with Crippen LogP contribution in [0.15, 0.2) is 24.3 Å². The summed E-state index contributed by atoms with van der Waals surface area (Å²) in [6.07, 6.45) is -8.98. The highest BCUT2D eigenvalue weighted by Gasteiger charge is 2.62. The van der Waals surface area contributed by atoms with E-state index in [0.29, 0.717) is 0 Å². The molecule has 29 heavy (non-hydrogen) atoms. The first-order valence-electron chi connectivity index (χ1n) is 9.20. The molecule has 1 aromatic carbocycles. The molecule has 10 heteroatoms. The van der Waals surface area contributed by atoms with Crippen LogP contribution in [0.1, 0.15) is 33.3 Å². The van der Waals surface area contributed by atoms with E-state index in [0.717, 1.165) is 6.07 Å². The molecule has 0 aromatic heterocycles. The van der Waals surface area contributed by atoms with Crippen LogP contribution >= 0.6 is 0 Å². The molecule has 3 aliphatic rings. The van der Waals surface area contributed by atoms with Crippen LogP contribution in [0.3, 0.4) is 0 Å². The van der Waals surface area contributed by atoms with Gasteiger partial charge in [-0.3, -0.25) is 4.79 Å². The van der Waals surface area contributed by atoms with Crippen molar-refractivity contribution < 1.29 is 41.7 Å². The second kappa shape index (κ2) is 6.64. The van der Waals surface area contributed by atoms with Gasteiger partial charge in [-0.1, -0.05) is 12.1 Å². The van der Waals surface area contributed by atoms with E-state index in [4.69, 9.17) is 23.7 Å². The normalized spacial score (nSPS) is 35.1. The molecule has 1 amide bonds. The Bertz CT molecular complexity index is 811. The van der Waals surface area contributed by atoms with Crippen LogP contribution < -0.4 is 5.32 Å². The van der Waals surface area contributed by atoms with Gasteiger partial charge < -0.3 is 29.0 Å². The van der Waals surface area contributed by atoms with Gasteiger partial charge in [-0.15, -0.1) is 0 Å². The number of carbonyl (C=O) groups excluding carboxylic acids is 1. The van der Waals surface area contributed by atoms with Crippen LogP contribution in [-0.2, 0) is 34.7 Å². The van der Waals surface area contributed by atoms with Gasteiger partial charge >= 0.3 is 6.18 Å². The molecule has 3 aliphatic heterocycles. The first-order valence-corrected chi connectivity index (χ1v) is 9.20. The number of halogens is 3. The van der Waals surface area contributed by atoms with Crippen LogP contribution in [0, 0.1) is 0 Å². The number of nitrogens with one attached hydrogen (secondary N) is 1. The first kappa shape index (κ1) is 20.5. The summed E-state index contributed by atoms with van der Waals surface area (Å²) in [6.45, 7) is 6.74. The molecular weight excluding hydrogens is 395 g/mol. The fourth-order valence-corrected chi connectivity index (χ4v) is 3.87. The molecule has 0 unspecified atom stereocenters. The third-order valence-corrected chi connectivity index (χ3v) is 4.90. The van der Waals surface area contributed by atoms with Crippen molar-refractivity contribution in [2.75, 3.05) is 5.32 Å². The summed E-state index contributed by atoms with van der Waals surface area (Å²) in [5.41, 5.74) is -1.32. The lowest BCUT2D eigenvalue weighted by Gasteiger charge is -2.36. The van der Waals surface area contributed by atoms with Crippen molar-refractivity contribution in [3.05, 3.63) is 29.8 Å².